The molecule has 10 heavy (non-hydrogen) atoms. The zero-order valence-corrected chi connectivity index (χ0v) is 7.04. The van der Waals surface area contributed by atoms with Gasteiger partial charge in [0.1, 0.15) is 0 Å². The lowest BCUT2D eigenvalue weighted by Gasteiger charge is -2.21. The van der Waals surface area contributed by atoms with Crippen molar-refractivity contribution in [1.29, 1.82) is 0 Å². The number of hydrogen-bond acceptors (Lipinski definition) is 2. The Balaban J connectivity index is 2.25. The van der Waals surface area contributed by atoms with E-state index in [2.05, 4.69) is 12.2 Å². The molecule has 0 radical (unpaired) electrons. The van der Waals surface area contributed by atoms with Gasteiger partial charge in [0.2, 0.25) is 5.91 Å². The number of carbonyl (C=O) groups excluding carboxylic acids is 1. The number of thioether (sulfide) groups is 1. The Bertz CT molecular complexity index is 125. The van der Waals surface area contributed by atoms with E-state index in [0.29, 0.717) is 11.8 Å². The fourth-order valence-electron chi connectivity index (χ4n) is 1.11. The minimum absolute atomic E-state index is 0.203. The third kappa shape index (κ3) is 2.21. The number of amides is 1. The molecule has 0 aliphatic carbocycles. The molecule has 3 heteroatoms. The molecule has 1 N–H and O–H groups in total. The Morgan fingerprint density at radius 3 is 3.20 bits per heavy atom. The van der Waals surface area contributed by atoms with Crippen molar-refractivity contribution in [2.45, 2.75) is 25.8 Å². The molecule has 1 amide bonds. The molecular formula is C7H13NOS. The monoisotopic (exact) mass is 159 g/mol. The Hall–Kier alpha value is -0.180. The first-order valence-corrected chi connectivity index (χ1v) is 4.85. The van der Waals surface area contributed by atoms with Crippen LogP contribution in [0, 0.1) is 0 Å². The van der Waals surface area contributed by atoms with Crippen LogP contribution in [0.15, 0.2) is 0 Å². The van der Waals surface area contributed by atoms with Gasteiger partial charge in [-0.05, 0) is 6.42 Å². The van der Waals surface area contributed by atoms with Gasteiger partial charge in [-0.15, -0.1) is 11.8 Å². The van der Waals surface area contributed by atoms with Crippen molar-refractivity contribution in [3.63, 3.8) is 0 Å². The average molecular weight is 159 g/mol. The Morgan fingerprint density at radius 1 is 1.80 bits per heavy atom. The molecule has 0 aromatic rings. The van der Waals surface area contributed by atoms with Gasteiger partial charge in [-0.2, -0.15) is 0 Å². The van der Waals surface area contributed by atoms with Gasteiger partial charge in [0.25, 0.3) is 0 Å². The van der Waals surface area contributed by atoms with Crippen LogP contribution in [0.25, 0.3) is 0 Å². The van der Waals surface area contributed by atoms with E-state index in [9.17, 15) is 4.79 Å². The molecule has 1 saturated heterocycles. The van der Waals surface area contributed by atoms with Crippen LogP contribution in [-0.2, 0) is 4.79 Å². The maximum absolute atomic E-state index is 10.8. The first kappa shape index (κ1) is 7.92. The summed E-state index contributed by atoms with van der Waals surface area (Å²) in [6.45, 7) is 2.14. The summed E-state index contributed by atoms with van der Waals surface area (Å²) in [6, 6.07) is 0.441. The van der Waals surface area contributed by atoms with Crippen molar-refractivity contribution < 1.29 is 4.79 Å². The van der Waals surface area contributed by atoms with E-state index in [1.807, 2.05) is 0 Å². The molecule has 1 fully saturated rings. The summed E-state index contributed by atoms with van der Waals surface area (Å²) in [5, 5.41) is 2.96. The van der Waals surface area contributed by atoms with Gasteiger partial charge in [-0.25, -0.2) is 0 Å². The maximum Gasteiger partial charge on any atom is 0.230 e. The van der Waals surface area contributed by atoms with Crippen molar-refractivity contribution in [2.75, 3.05) is 11.5 Å². The summed E-state index contributed by atoms with van der Waals surface area (Å²) in [6.07, 6.45) is 2.28. The molecule has 2 nitrogen and oxygen atoms in total. The van der Waals surface area contributed by atoms with E-state index < -0.39 is 0 Å². The second kappa shape index (κ2) is 3.86. The molecule has 1 aliphatic rings. The second-order valence-corrected chi connectivity index (χ2v) is 3.60. The molecule has 0 saturated carbocycles. The van der Waals surface area contributed by atoms with E-state index in [1.165, 1.54) is 0 Å². The van der Waals surface area contributed by atoms with Gasteiger partial charge < -0.3 is 5.32 Å². The third-order valence-electron chi connectivity index (χ3n) is 1.55. The first-order chi connectivity index (χ1) is 4.83. The molecule has 0 aromatic heterocycles. The van der Waals surface area contributed by atoms with E-state index in [1.54, 1.807) is 11.8 Å². The third-order valence-corrected chi connectivity index (χ3v) is 2.66. The highest BCUT2D eigenvalue weighted by atomic mass is 32.2. The average Bonchev–Trinajstić information content (AvgIpc) is 1.88. The fourth-order valence-corrected chi connectivity index (χ4v) is 2.03. The molecule has 0 spiro atoms. The Labute approximate surface area is 65.8 Å². The van der Waals surface area contributed by atoms with Crippen LogP contribution >= 0.6 is 11.8 Å². The van der Waals surface area contributed by atoms with Gasteiger partial charge in [-0.1, -0.05) is 13.3 Å². The first-order valence-electron chi connectivity index (χ1n) is 3.70. The zero-order chi connectivity index (χ0) is 7.40. The molecule has 58 valence electrons. The van der Waals surface area contributed by atoms with Gasteiger partial charge >= 0.3 is 0 Å². The normalized spacial score (nSPS) is 26.1. The molecule has 1 unspecified atom stereocenters. The summed E-state index contributed by atoms with van der Waals surface area (Å²) in [5.74, 6) is 1.95. The lowest BCUT2D eigenvalue weighted by Crippen LogP contribution is -2.41. The topological polar surface area (TPSA) is 29.1 Å². The molecule has 1 atom stereocenters. The Kier molecular flexibility index (Phi) is 3.06. The van der Waals surface area contributed by atoms with Crippen LogP contribution < -0.4 is 5.32 Å². The summed E-state index contributed by atoms with van der Waals surface area (Å²) in [5.41, 5.74) is 0. The van der Waals surface area contributed by atoms with Crippen LogP contribution in [0.4, 0.5) is 0 Å². The molecule has 1 rings (SSSR count). The van der Waals surface area contributed by atoms with E-state index in [0.717, 1.165) is 18.6 Å². The summed E-state index contributed by atoms with van der Waals surface area (Å²) < 4.78 is 0. The van der Waals surface area contributed by atoms with Crippen LogP contribution in [0.5, 0.6) is 0 Å². The number of rotatable bonds is 2. The highest BCUT2D eigenvalue weighted by Gasteiger charge is 2.16. The van der Waals surface area contributed by atoms with Crippen molar-refractivity contribution in [3.05, 3.63) is 0 Å². The Morgan fingerprint density at radius 2 is 2.60 bits per heavy atom. The van der Waals surface area contributed by atoms with E-state index >= 15 is 0 Å². The predicted molar refractivity (Wildman–Crippen MR) is 44.2 cm³/mol. The van der Waals surface area contributed by atoms with Crippen LogP contribution in [0.1, 0.15) is 19.8 Å². The van der Waals surface area contributed by atoms with Crippen molar-refractivity contribution in [2.24, 2.45) is 0 Å². The van der Waals surface area contributed by atoms with E-state index in [4.69, 9.17) is 0 Å². The molecule has 1 heterocycles. The van der Waals surface area contributed by atoms with Gasteiger partial charge in [0.05, 0.1) is 5.75 Å². The fraction of sp³-hybridized carbons (Fsp3) is 0.857. The van der Waals surface area contributed by atoms with Crippen LogP contribution in [0.2, 0.25) is 0 Å². The molecular weight excluding hydrogens is 146 g/mol. The summed E-state index contributed by atoms with van der Waals surface area (Å²) in [7, 11) is 0. The second-order valence-electron chi connectivity index (χ2n) is 2.57. The number of nitrogens with one attached hydrogen (secondary N) is 1. The van der Waals surface area contributed by atoms with Crippen molar-refractivity contribution in [3.8, 4) is 0 Å². The van der Waals surface area contributed by atoms with Gasteiger partial charge in [0, 0.05) is 11.8 Å². The SMILES string of the molecule is CCCC1CSCC(=O)N1. The van der Waals surface area contributed by atoms with Crippen LogP contribution in [-0.4, -0.2) is 23.5 Å². The lowest BCUT2D eigenvalue weighted by molar-refractivity contribution is -0.119. The van der Waals surface area contributed by atoms with Crippen molar-refractivity contribution in [1.82, 2.24) is 5.32 Å². The van der Waals surface area contributed by atoms with Gasteiger partial charge in [-0.3, -0.25) is 4.79 Å². The largest absolute Gasteiger partial charge is 0.352 e. The maximum atomic E-state index is 10.8. The zero-order valence-electron chi connectivity index (χ0n) is 6.22. The van der Waals surface area contributed by atoms with Crippen LogP contribution in [0.3, 0.4) is 0 Å². The number of hydrogen-bond donors (Lipinski definition) is 1. The molecule has 0 aromatic carbocycles. The summed E-state index contributed by atoms with van der Waals surface area (Å²) in [4.78, 5) is 10.8. The predicted octanol–water partition coefficient (Wildman–Crippen LogP) is 1.02. The lowest BCUT2D eigenvalue weighted by atomic mass is 10.2. The molecule has 1 aliphatic heterocycles. The molecule has 0 bridgehead atoms. The minimum Gasteiger partial charge on any atom is -0.352 e. The van der Waals surface area contributed by atoms with Gasteiger partial charge in [0.15, 0.2) is 0 Å². The highest BCUT2D eigenvalue weighted by molar-refractivity contribution is 8.00. The van der Waals surface area contributed by atoms with Crippen molar-refractivity contribution >= 4 is 17.7 Å². The highest BCUT2D eigenvalue weighted by Crippen LogP contribution is 2.11. The standard InChI is InChI=1S/C7H13NOS/c1-2-3-6-4-10-5-7(9)8-6/h6H,2-5H2,1H3,(H,8,9). The minimum atomic E-state index is 0.203. The van der Waals surface area contributed by atoms with E-state index in [-0.39, 0.29) is 5.91 Å². The summed E-state index contributed by atoms with van der Waals surface area (Å²) >= 11 is 1.74. The smallest absolute Gasteiger partial charge is 0.230 e. The number of carbonyl (C=O) groups is 1. The quantitative estimate of drug-likeness (QED) is 0.651.